The van der Waals surface area contributed by atoms with E-state index in [9.17, 15) is 5.11 Å². The van der Waals surface area contributed by atoms with Crippen LogP contribution in [0.3, 0.4) is 0 Å². The van der Waals surface area contributed by atoms with Gasteiger partial charge in [-0.3, -0.25) is 5.10 Å². The molecule has 0 aliphatic rings. The van der Waals surface area contributed by atoms with E-state index in [-0.39, 0.29) is 0 Å². The average molecular weight is 265 g/mol. The Morgan fingerprint density at radius 1 is 1.33 bits per heavy atom. The van der Waals surface area contributed by atoms with E-state index in [1.165, 1.54) is 18.1 Å². The summed E-state index contributed by atoms with van der Waals surface area (Å²) in [6, 6.07) is 9.89. The molecule has 2 rings (SSSR count). The molecule has 2 N–H and O–H groups in total. The Morgan fingerprint density at radius 3 is 2.89 bits per heavy atom. The molecule has 96 valence electrons. The molecule has 0 radical (unpaired) electrons. The Bertz CT molecular complexity index is 436. The largest absolute Gasteiger partial charge is 0.390 e. The lowest BCUT2D eigenvalue weighted by Crippen LogP contribution is -2.18. The fraction of sp³-hybridized carbons (Fsp3) is 0.333. The van der Waals surface area contributed by atoms with Gasteiger partial charge in [0.25, 0.3) is 0 Å². The van der Waals surface area contributed by atoms with Gasteiger partial charge in [-0.25, -0.2) is 4.98 Å². The van der Waals surface area contributed by atoms with Crippen LogP contribution in [-0.2, 0) is 11.3 Å². The van der Waals surface area contributed by atoms with Crippen LogP contribution in [0.5, 0.6) is 0 Å². The minimum Gasteiger partial charge on any atom is -0.390 e. The molecule has 0 bridgehead atoms. The Hall–Kier alpha value is -1.37. The normalized spacial score (nSPS) is 12.5. The number of nitrogens with zero attached hydrogens (tertiary/aromatic N) is 2. The molecular weight excluding hydrogens is 250 g/mol. The Balaban J connectivity index is 1.61. The second kappa shape index (κ2) is 7.15. The molecule has 0 spiro atoms. The zero-order valence-electron chi connectivity index (χ0n) is 9.82. The molecule has 0 aliphatic carbocycles. The van der Waals surface area contributed by atoms with Crippen molar-refractivity contribution < 1.29 is 9.84 Å². The van der Waals surface area contributed by atoms with Gasteiger partial charge in [-0.15, -0.1) is 0 Å². The zero-order valence-corrected chi connectivity index (χ0v) is 10.6. The molecule has 0 saturated carbocycles. The smallest absolute Gasteiger partial charge is 0.183 e. The van der Waals surface area contributed by atoms with Gasteiger partial charge in [-0.2, -0.15) is 5.10 Å². The molecule has 5 nitrogen and oxygen atoms in total. The molecule has 0 aliphatic heterocycles. The highest BCUT2D eigenvalue weighted by atomic mass is 32.2. The lowest BCUT2D eigenvalue weighted by Gasteiger charge is -2.10. The third-order valence-electron chi connectivity index (χ3n) is 2.23. The van der Waals surface area contributed by atoms with Crippen LogP contribution in [0, 0.1) is 0 Å². The maximum absolute atomic E-state index is 9.72. The molecule has 2 aromatic rings. The summed E-state index contributed by atoms with van der Waals surface area (Å²) in [5.41, 5.74) is 1.10. The van der Waals surface area contributed by atoms with Gasteiger partial charge in [0.1, 0.15) is 6.33 Å². The van der Waals surface area contributed by atoms with Gasteiger partial charge in [0.15, 0.2) is 5.16 Å². The second-order valence-corrected chi connectivity index (χ2v) is 4.76. The molecule has 6 heteroatoms. The van der Waals surface area contributed by atoms with E-state index in [1.807, 2.05) is 30.3 Å². The number of ether oxygens (including phenoxy) is 1. The summed E-state index contributed by atoms with van der Waals surface area (Å²) < 4.78 is 5.44. The van der Waals surface area contributed by atoms with Crippen LogP contribution in [0.2, 0.25) is 0 Å². The predicted molar refractivity (Wildman–Crippen MR) is 69.2 cm³/mol. The van der Waals surface area contributed by atoms with Gasteiger partial charge in [0.05, 0.1) is 19.3 Å². The third-order valence-corrected chi connectivity index (χ3v) is 3.25. The summed E-state index contributed by atoms with van der Waals surface area (Å²) in [5.74, 6) is 0.532. The number of hydrogen-bond acceptors (Lipinski definition) is 5. The van der Waals surface area contributed by atoms with Gasteiger partial charge in [-0.05, 0) is 5.56 Å². The fourth-order valence-electron chi connectivity index (χ4n) is 1.37. The minimum atomic E-state index is -0.510. The van der Waals surface area contributed by atoms with E-state index in [4.69, 9.17) is 4.74 Å². The van der Waals surface area contributed by atoms with Crippen LogP contribution in [-0.4, -0.2) is 38.8 Å². The fourth-order valence-corrected chi connectivity index (χ4v) is 2.06. The van der Waals surface area contributed by atoms with Crippen molar-refractivity contribution in [1.29, 1.82) is 0 Å². The quantitative estimate of drug-likeness (QED) is 0.742. The molecular formula is C12H15N3O2S. The summed E-state index contributed by atoms with van der Waals surface area (Å²) in [6.07, 6.45) is 0.935. The zero-order chi connectivity index (χ0) is 12.6. The van der Waals surface area contributed by atoms with Crippen molar-refractivity contribution >= 4 is 11.8 Å². The summed E-state index contributed by atoms with van der Waals surface area (Å²) in [5, 5.41) is 16.9. The summed E-state index contributed by atoms with van der Waals surface area (Å²) >= 11 is 1.42. The van der Waals surface area contributed by atoms with Crippen molar-refractivity contribution in [2.75, 3.05) is 12.4 Å². The van der Waals surface area contributed by atoms with Crippen molar-refractivity contribution in [2.45, 2.75) is 17.9 Å². The van der Waals surface area contributed by atoms with Crippen molar-refractivity contribution in [2.24, 2.45) is 0 Å². The number of aromatic nitrogens is 3. The Kier molecular flexibility index (Phi) is 5.19. The number of aliphatic hydroxyl groups is 1. The van der Waals surface area contributed by atoms with Crippen LogP contribution in [0.4, 0.5) is 0 Å². The van der Waals surface area contributed by atoms with Gasteiger partial charge in [0, 0.05) is 5.75 Å². The van der Waals surface area contributed by atoms with E-state index < -0.39 is 6.10 Å². The molecule has 1 unspecified atom stereocenters. The van der Waals surface area contributed by atoms with Crippen LogP contribution in [0.1, 0.15) is 5.56 Å². The first-order valence-electron chi connectivity index (χ1n) is 5.62. The van der Waals surface area contributed by atoms with Crippen LogP contribution < -0.4 is 0 Å². The van der Waals surface area contributed by atoms with Crippen LogP contribution in [0.15, 0.2) is 41.8 Å². The SMILES string of the molecule is OC(COCc1ccccc1)CSc1ncn[nH]1. The van der Waals surface area contributed by atoms with E-state index in [1.54, 1.807) is 0 Å². The minimum absolute atomic E-state index is 0.316. The Labute approximate surface area is 110 Å². The van der Waals surface area contributed by atoms with Gasteiger partial charge < -0.3 is 9.84 Å². The number of hydrogen-bond donors (Lipinski definition) is 2. The number of benzene rings is 1. The van der Waals surface area contributed by atoms with Crippen molar-refractivity contribution in [3.05, 3.63) is 42.2 Å². The lowest BCUT2D eigenvalue weighted by atomic mass is 10.2. The van der Waals surface area contributed by atoms with Crippen LogP contribution >= 0.6 is 11.8 Å². The standard InChI is InChI=1S/C12H15N3O2S/c16-11(8-18-12-13-9-14-15-12)7-17-6-10-4-2-1-3-5-10/h1-5,9,11,16H,6-8H2,(H,13,14,15). The van der Waals surface area contributed by atoms with Gasteiger partial charge >= 0.3 is 0 Å². The van der Waals surface area contributed by atoms with Crippen molar-refractivity contribution in [1.82, 2.24) is 15.2 Å². The van der Waals surface area contributed by atoms with E-state index >= 15 is 0 Å². The van der Waals surface area contributed by atoms with Crippen molar-refractivity contribution in [3.8, 4) is 0 Å². The first-order chi connectivity index (χ1) is 8.84. The highest BCUT2D eigenvalue weighted by Crippen LogP contribution is 2.12. The molecule has 1 aromatic carbocycles. The molecule has 1 atom stereocenters. The maximum Gasteiger partial charge on any atom is 0.183 e. The lowest BCUT2D eigenvalue weighted by molar-refractivity contribution is 0.0398. The molecule has 1 aromatic heterocycles. The number of aromatic amines is 1. The van der Waals surface area contributed by atoms with Crippen LogP contribution in [0.25, 0.3) is 0 Å². The number of rotatable bonds is 7. The molecule has 18 heavy (non-hydrogen) atoms. The number of aliphatic hydroxyl groups excluding tert-OH is 1. The molecule has 0 saturated heterocycles. The summed E-state index contributed by atoms with van der Waals surface area (Å²) in [7, 11) is 0. The number of nitrogens with one attached hydrogen (secondary N) is 1. The monoisotopic (exact) mass is 265 g/mol. The van der Waals surface area contributed by atoms with Gasteiger partial charge in [0.2, 0.25) is 0 Å². The van der Waals surface area contributed by atoms with E-state index in [0.717, 1.165) is 5.56 Å². The molecule has 0 fully saturated rings. The van der Waals surface area contributed by atoms with Gasteiger partial charge in [-0.1, -0.05) is 42.1 Å². The van der Waals surface area contributed by atoms with E-state index in [2.05, 4.69) is 15.2 Å². The Morgan fingerprint density at radius 2 is 2.17 bits per heavy atom. The summed E-state index contributed by atoms with van der Waals surface area (Å²) in [4.78, 5) is 3.96. The van der Waals surface area contributed by atoms with E-state index in [0.29, 0.717) is 24.1 Å². The number of H-pyrrole nitrogens is 1. The second-order valence-electron chi connectivity index (χ2n) is 3.76. The average Bonchev–Trinajstić information content (AvgIpc) is 2.91. The molecule has 0 amide bonds. The highest BCUT2D eigenvalue weighted by Gasteiger charge is 2.06. The molecule has 1 heterocycles. The summed E-state index contributed by atoms with van der Waals surface area (Å²) in [6.45, 7) is 0.834. The maximum atomic E-state index is 9.72. The highest BCUT2D eigenvalue weighted by molar-refractivity contribution is 7.99. The topological polar surface area (TPSA) is 71.0 Å². The predicted octanol–water partition coefficient (Wildman–Crippen LogP) is 1.47. The third kappa shape index (κ3) is 4.48. The first-order valence-corrected chi connectivity index (χ1v) is 6.61. The first kappa shape index (κ1) is 13.1. The number of thioether (sulfide) groups is 1. The van der Waals surface area contributed by atoms with Crippen molar-refractivity contribution in [3.63, 3.8) is 0 Å².